The highest BCUT2D eigenvalue weighted by molar-refractivity contribution is 5.82. The second kappa shape index (κ2) is 5.27. The number of aromatic nitrogens is 3. The molecule has 0 radical (unpaired) electrons. The van der Waals surface area contributed by atoms with Gasteiger partial charge in [-0.2, -0.15) is 0 Å². The molecular weight excluding hydrogens is 292 g/mol. The van der Waals surface area contributed by atoms with Crippen molar-refractivity contribution in [2.45, 2.75) is 69.6 Å². The first-order valence-electron chi connectivity index (χ1n) is 9.03. The van der Waals surface area contributed by atoms with Gasteiger partial charge in [0.05, 0.1) is 6.54 Å². The monoisotopic (exact) mass is 316 g/mol. The lowest BCUT2D eigenvalue weighted by atomic mass is 9.81. The molecule has 3 fully saturated rings. The van der Waals surface area contributed by atoms with Crippen LogP contribution < -0.4 is 10.9 Å². The van der Waals surface area contributed by atoms with Crippen molar-refractivity contribution < 1.29 is 4.79 Å². The first-order chi connectivity index (χ1) is 11.3. The summed E-state index contributed by atoms with van der Waals surface area (Å²) >= 11 is 0. The van der Waals surface area contributed by atoms with Crippen LogP contribution >= 0.6 is 0 Å². The van der Waals surface area contributed by atoms with E-state index in [1.165, 1.54) is 32.1 Å². The summed E-state index contributed by atoms with van der Waals surface area (Å²) in [6.07, 6.45) is 7.32. The summed E-state index contributed by atoms with van der Waals surface area (Å²) in [6.45, 7) is 2.22. The summed E-state index contributed by atoms with van der Waals surface area (Å²) in [5.41, 5.74) is 6.61. The number of carbonyl (C=O) groups is 1. The second-order valence-electron chi connectivity index (χ2n) is 7.48. The predicted octanol–water partition coefficient (Wildman–Crippen LogP) is 0.533. The number of rotatable bonds is 2. The van der Waals surface area contributed by atoms with E-state index < -0.39 is 0 Å². The zero-order chi connectivity index (χ0) is 15.4. The molecule has 0 spiro atoms. The molecule has 1 saturated heterocycles. The molecule has 7 heteroatoms. The van der Waals surface area contributed by atoms with Crippen LogP contribution in [-0.2, 0) is 17.9 Å². The summed E-state index contributed by atoms with van der Waals surface area (Å²) in [7, 11) is 0. The molecular formula is C16H24N6O. The lowest BCUT2D eigenvalue weighted by Crippen LogP contribution is -2.50. The lowest BCUT2D eigenvalue weighted by Gasteiger charge is -2.33. The summed E-state index contributed by atoms with van der Waals surface area (Å²) < 4.78 is 2.24. The third kappa shape index (κ3) is 2.29. The Balaban J connectivity index is 1.31. The van der Waals surface area contributed by atoms with Gasteiger partial charge in [0.1, 0.15) is 11.9 Å². The minimum absolute atomic E-state index is 0.0716. The number of hydrazine groups is 1. The number of fused-ring (bicyclic) bond motifs is 2. The van der Waals surface area contributed by atoms with E-state index in [1.807, 2.05) is 4.90 Å². The molecule has 0 aromatic carbocycles. The fourth-order valence-corrected chi connectivity index (χ4v) is 4.50. The van der Waals surface area contributed by atoms with Crippen LogP contribution in [0.2, 0.25) is 0 Å². The van der Waals surface area contributed by atoms with Crippen molar-refractivity contribution in [1.82, 2.24) is 30.5 Å². The normalized spacial score (nSPS) is 33.4. The number of hydrogen-bond acceptors (Lipinski definition) is 5. The Labute approximate surface area is 135 Å². The van der Waals surface area contributed by atoms with Crippen LogP contribution in [0, 0.1) is 5.92 Å². The van der Waals surface area contributed by atoms with Crippen molar-refractivity contribution in [2.24, 2.45) is 5.92 Å². The zero-order valence-electron chi connectivity index (χ0n) is 13.4. The highest BCUT2D eigenvalue weighted by atomic mass is 16.2. The zero-order valence-corrected chi connectivity index (χ0v) is 13.4. The van der Waals surface area contributed by atoms with E-state index in [1.54, 1.807) is 0 Å². The number of amides is 1. The topological polar surface area (TPSA) is 75.1 Å². The SMILES string of the molecule is O=C(C1NNC2CCCCC21)N1CCn2c(nnc2C2CC2)C1. The van der Waals surface area contributed by atoms with Gasteiger partial charge in [-0.15, -0.1) is 10.2 Å². The predicted molar refractivity (Wildman–Crippen MR) is 83.2 cm³/mol. The van der Waals surface area contributed by atoms with Crippen LogP contribution in [0.1, 0.15) is 56.1 Å². The fraction of sp³-hybridized carbons (Fsp3) is 0.812. The Kier molecular flexibility index (Phi) is 3.19. The van der Waals surface area contributed by atoms with Crippen LogP contribution in [0.4, 0.5) is 0 Å². The third-order valence-electron chi connectivity index (χ3n) is 5.97. The van der Waals surface area contributed by atoms with Gasteiger partial charge in [-0.25, -0.2) is 5.43 Å². The number of hydrogen-bond donors (Lipinski definition) is 2. The van der Waals surface area contributed by atoms with E-state index >= 15 is 0 Å². The smallest absolute Gasteiger partial charge is 0.241 e. The lowest BCUT2D eigenvalue weighted by molar-refractivity contribution is -0.136. The number of nitrogens with zero attached hydrogens (tertiary/aromatic N) is 4. The first kappa shape index (κ1) is 13.9. The summed E-state index contributed by atoms with van der Waals surface area (Å²) in [5.74, 6) is 3.38. The molecule has 1 aromatic heterocycles. The molecule has 2 aliphatic carbocycles. The molecule has 124 valence electrons. The van der Waals surface area contributed by atoms with Gasteiger partial charge in [0.2, 0.25) is 5.91 Å². The molecule has 0 bridgehead atoms. The van der Waals surface area contributed by atoms with E-state index in [4.69, 9.17) is 0 Å². The molecule has 7 nitrogen and oxygen atoms in total. The molecule has 2 N–H and O–H groups in total. The highest BCUT2D eigenvalue weighted by Crippen LogP contribution is 2.39. The molecule has 23 heavy (non-hydrogen) atoms. The average molecular weight is 316 g/mol. The summed E-state index contributed by atoms with van der Waals surface area (Å²) in [6, 6.07) is 0.394. The van der Waals surface area contributed by atoms with Gasteiger partial charge in [0.15, 0.2) is 5.82 Å². The summed E-state index contributed by atoms with van der Waals surface area (Å²) in [4.78, 5) is 15.0. The minimum Gasteiger partial charge on any atom is -0.332 e. The van der Waals surface area contributed by atoms with Gasteiger partial charge in [0.25, 0.3) is 0 Å². The maximum absolute atomic E-state index is 13.0. The van der Waals surface area contributed by atoms with Crippen molar-refractivity contribution in [3.63, 3.8) is 0 Å². The van der Waals surface area contributed by atoms with Gasteiger partial charge in [-0.1, -0.05) is 12.8 Å². The highest BCUT2D eigenvalue weighted by Gasteiger charge is 2.43. The molecule has 3 heterocycles. The van der Waals surface area contributed by atoms with Gasteiger partial charge >= 0.3 is 0 Å². The first-order valence-corrected chi connectivity index (χ1v) is 9.03. The van der Waals surface area contributed by atoms with Gasteiger partial charge < -0.3 is 9.47 Å². The van der Waals surface area contributed by atoms with Crippen LogP contribution in [0.15, 0.2) is 0 Å². The fourth-order valence-electron chi connectivity index (χ4n) is 4.50. The maximum atomic E-state index is 13.0. The Hall–Kier alpha value is -1.47. The summed E-state index contributed by atoms with van der Waals surface area (Å²) in [5, 5.41) is 8.71. The molecule has 4 aliphatic rings. The molecule has 3 unspecified atom stereocenters. The minimum atomic E-state index is -0.0716. The van der Waals surface area contributed by atoms with Crippen LogP contribution in [-0.4, -0.2) is 44.2 Å². The van der Waals surface area contributed by atoms with E-state index in [2.05, 4.69) is 25.6 Å². The third-order valence-corrected chi connectivity index (χ3v) is 5.97. The van der Waals surface area contributed by atoms with Crippen molar-refractivity contribution in [3.05, 3.63) is 11.6 Å². The standard InChI is InChI=1S/C16H24N6O/c23-16(14-11-3-1-2-4-12(11)17-19-14)21-7-8-22-13(9-21)18-20-15(22)10-5-6-10/h10-12,14,17,19H,1-9H2. The van der Waals surface area contributed by atoms with E-state index in [9.17, 15) is 4.79 Å². The van der Waals surface area contributed by atoms with Crippen molar-refractivity contribution >= 4 is 5.91 Å². The van der Waals surface area contributed by atoms with E-state index in [0.717, 1.165) is 31.2 Å². The average Bonchev–Trinajstić information content (AvgIpc) is 3.20. The van der Waals surface area contributed by atoms with Crippen molar-refractivity contribution in [1.29, 1.82) is 0 Å². The van der Waals surface area contributed by atoms with Gasteiger partial charge in [-0.3, -0.25) is 10.2 Å². The maximum Gasteiger partial charge on any atom is 0.241 e. The van der Waals surface area contributed by atoms with Crippen LogP contribution in [0.5, 0.6) is 0 Å². The van der Waals surface area contributed by atoms with Crippen molar-refractivity contribution in [3.8, 4) is 0 Å². The Morgan fingerprint density at radius 1 is 1.04 bits per heavy atom. The quantitative estimate of drug-likeness (QED) is 0.833. The Morgan fingerprint density at radius 2 is 1.91 bits per heavy atom. The second-order valence-corrected chi connectivity index (χ2v) is 7.48. The van der Waals surface area contributed by atoms with E-state index in [-0.39, 0.29) is 11.9 Å². The molecule has 5 rings (SSSR count). The number of carbonyl (C=O) groups excluding carboxylic acids is 1. The molecule has 2 aliphatic heterocycles. The van der Waals surface area contributed by atoms with Gasteiger partial charge in [-0.05, 0) is 25.7 Å². The Morgan fingerprint density at radius 3 is 2.78 bits per heavy atom. The largest absolute Gasteiger partial charge is 0.332 e. The van der Waals surface area contributed by atoms with E-state index in [0.29, 0.717) is 24.4 Å². The molecule has 2 saturated carbocycles. The number of nitrogens with one attached hydrogen (secondary N) is 2. The van der Waals surface area contributed by atoms with Crippen LogP contribution in [0.25, 0.3) is 0 Å². The Bertz CT molecular complexity index is 624. The molecule has 1 aromatic rings. The molecule has 3 atom stereocenters. The van der Waals surface area contributed by atoms with Crippen molar-refractivity contribution in [2.75, 3.05) is 6.54 Å². The van der Waals surface area contributed by atoms with Gasteiger partial charge in [0, 0.05) is 31.0 Å². The van der Waals surface area contributed by atoms with Crippen LogP contribution in [0.3, 0.4) is 0 Å². The molecule has 1 amide bonds.